The van der Waals surface area contributed by atoms with Crippen LogP contribution in [0.5, 0.6) is 5.75 Å². The van der Waals surface area contributed by atoms with Gasteiger partial charge >= 0.3 is 6.11 Å². The van der Waals surface area contributed by atoms with Crippen LogP contribution in [-0.2, 0) is 12.8 Å². The predicted molar refractivity (Wildman–Crippen MR) is 102 cm³/mol. The average molecular weight is 358 g/mol. The molecule has 140 valence electrons. The fourth-order valence-electron chi connectivity index (χ4n) is 3.60. The molecule has 0 amide bonds. The fourth-order valence-corrected chi connectivity index (χ4v) is 3.60. The molecule has 0 radical (unpaired) electrons. The molecule has 0 aliphatic heterocycles. The second-order valence-electron chi connectivity index (χ2n) is 7.75. The van der Waals surface area contributed by atoms with Gasteiger partial charge in [0.2, 0.25) is 0 Å². The van der Waals surface area contributed by atoms with Gasteiger partial charge < -0.3 is 4.74 Å². The van der Waals surface area contributed by atoms with E-state index in [2.05, 4.69) is 38.1 Å². The van der Waals surface area contributed by atoms with Crippen LogP contribution >= 0.6 is 0 Å². The first-order chi connectivity index (χ1) is 12.4. The lowest BCUT2D eigenvalue weighted by molar-refractivity contribution is -0.223. The molecule has 0 atom stereocenters. The van der Waals surface area contributed by atoms with Gasteiger partial charge in [0, 0.05) is 0 Å². The molecule has 2 aromatic carbocycles. The maximum atomic E-state index is 14.4. The largest absolute Gasteiger partial charge is 0.432 e. The van der Waals surface area contributed by atoms with Gasteiger partial charge in [0.25, 0.3) is 0 Å². The summed E-state index contributed by atoms with van der Waals surface area (Å²) >= 11 is 0. The standard InChI is InChI=1S/C23H28F2O/c1-17-3-7-19(8-4-17)9-10-20-11-15-22(16-12-20)26-23(24,25)21-13-5-18(2)6-14-21/h3-4,7-8,11-12,15-16,18,21H,5-6,9-10,13-14H2,1-2H3. The van der Waals surface area contributed by atoms with E-state index in [4.69, 9.17) is 4.74 Å². The maximum Gasteiger partial charge on any atom is 0.400 e. The molecular weight excluding hydrogens is 330 g/mol. The molecule has 2 aromatic rings. The van der Waals surface area contributed by atoms with Crippen molar-refractivity contribution in [3.8, 4) is 5.75 Å². The summed E-state index contributed by atoms with van der Waals surface area (Å²) in [6.45, 7) is 4.21. The average Bonchev–Trinajstić information content (AvgIpc) is 2.62. The first-order valence-electron chi connectivity index (χ1n) is 9.64. The van der Waals surface area contributed by atoms with Gasteiger partial charge in [0.05, 0.1) is 5.92 Å². The summed E-state index contributed by atoms with van der Waals surface area (Å²) in [5.41, 5.74) is 3.67. The van der Waals surface area contributed by atoms with Gasteiger partial charge in [-0.1, -0.05) is 61.7 Å². The van der Waals surface area contributed by atoms with Crippen LogP contribution in [0.25, 0.3) is 0 Å². The van der Waals surface area contributed by atoms with Gasteiger partial charge in [-0.2, -0.15) is 8.78 Å². The van der Waals surface area contributed by atoms with Crippen LogP contribution in [0.15, 0.2) is 48.5 Å². The van der Waals surface area contributed by atoms with Gasteiger partial charge in [-0.15, -0.1) is 0 Å². The second-order valence-corrected chi connectivity index (χ2v) is 7.75. The van der Waals surface area contributed by atoms with E-state index in [1.54, 1.807) is 12.1 Å². The van der Waals surface area contributed by atoms with Crippen LogP contribution in [-0.4, -0.2) is 6.11 Å². The Balaban J connectivity index is 1.54. The van der Waals surface area contributed by atoms with Crippen LogP contribution in [0.2, 0.25) is 0 Å². The molecule has 0 unspecified atom stereocenters. The molecule has 3 heteroatoms. The Morgan fingerprint density at radius 3 is 1.88 bits per heavy atom. The number of benzene rings is 2. The van der Waals surface area contributed by atoms with Crippen molar-refractivity contribution in [3.05, 3.63) is 65.2 Å². The molecule has 0 N–H and O–H groups in total. The molecule has 26 heavy (non-hydrogen) atoms. The highest BCUT2D eigenvalue weighted by molar-refractivity contribution is 5.29. The zero-order valence-corrected chi connectivity index (χ0v) is 15.7. The number of hydrogen-bond donors (Lipinski definition) is 0. The van der Waals surface area contributed by atoms with E-state index in [0.717, 1.165) is 31.2 Å². The number of halogens is 2. The summed E-state index contributed by atoms with van der Waals surface area (Å²) in [5.74, 6) is 0.141. The molecule has 1 saturated carbocycles. The minimum absolute atomic E-state index is 0.257. The number of alkyl halides is 2. The maximum absolute atomic E-state index is 14.4. The highest BCUT2D eigenvalue weighted by atomic mass is 19.3. The van der Waals surface area contributed by atoms with Crippen LogP contribution in [0.3, 0.4) is 0 Å². The molecule has 0 spiro atoms. The van der Waals surface area contributed by atoms with Gasteiger partial charge in [-0.3, -0.25) is 0 Å². The molecule has 0 aromatic heterocycles. The fraction of sp³-hybridized carbons (Fsp3) is 0.478. The van der Waals surface area contributed by atoms with Crippen molar-refractivity contribution in [1.29, 1.82) is 0 Å². The molecule has 0 bridgehead atoms. The Labute approximate surface area is 155 Å². The van der Waals surface area contributed by atoms with E-state index in [0.29, 0.717) is 18.8 Å². The Morgan fingerprint density at radius 2 is 1.35 bits per heavy atom. The topological polar surface area (TPSA) is 9.23 Å². The summed E-state index contributed by atoms with van der Waals surface area (Å²) < 4.78 is 33.9. The van der Waals surface area contributed by atoms with E-state index in [1.165, 1.54) is 11.1 Å². The van der Waals surface area contributed by atoms with Gasteiger partial charge in [0.1, 0.15) is 5.75 Å². The molecular formula is C23H28F2O. The second kappa shape index (κ2) is 8.20. The summed E-state index contributed by atoms with van der Waals surface area (Å²) in [7, 11) is 0. The number of aryl methyl sites for hydroxylation is 3. The van der Waals surface area contributed by atoms with Crippen molar-refractivity contribution in [2.24, 2.45) is 11.8 Å². The van der Waals surface area contributed by atoms with Crippen molar-refractivity contribution >= 4 is 0 Å². The Bertz CT molecular complexity index is 683. The van der Waals surface area contributed by atoms with Crippen molar-refractivity contribution in [1.82, 2.24) is 0 Å². The van der Waals surface area contributed by atoms with E-state index < -0.39 is 12.0 Å². The zero-order valence-electron chi connectivity index (χ0n) is 15.7. The van der Waals surface area contributed by atoms with Crippen LogP contribution in [0.4, 0.5) is 8.78 Å². The number of rotatable bonds is 6. The summed E-state index contributed by atoms with van der Waals surface area (Å²) in [6, 6.07) is 15.6. The lowest BCUT2D eigenvalue weighted by Gasteiger charge is -2.32. The van der Waals surface area contributed by atoms with E-state index in [-0.39, 0.29) is 5.75 Å². The molecule has 0 heterocycles. The van der Waals surface area contributed by atoms with E-state index in [9.17, 15) is 8.78 Å². The molecule has 1 aliphatic carbocycles. The highest BCUT2D eigenvalue weighted by Gasteiger charge is 2.43. The minimum atomic E-state index is -3.08. The smallest absolute Gasteiger partial charge is 0.400 e. The SMILES string of the molecule is Cc1ccc(CCc2ccc(OC(F)(F)C3CCC(C)CC3)cc2)cc1. The van der Waals surface area contributed by atoms with Crippen molar-refractivity contribution in [3.63, 3.8) is 0 Å². The first-order valence-corrected chi connectivity index (χ1v) is 9.64. The summed E-state index contributed by atoms with van der Waals surface area (Å²) in [6.07, 6.45) is 1.56. The molecule has 1 fully saturated rings. The monoisotopic (exact) mass is 358 g/mol. The third-order valence-electron chi connectivity index (χ3n) is 5.49. The number of hydrogen-bond acceptors (Lipinski definition) is 1. The van der Waals surface area contributed by atoms with Gasteiger partial charge in [0.15, 0.2) is 0 Å². The minimum Gasteiger partial charge on any atom is -0.432 e. The number of ether oxygens (including phenoxy) is 1. The van der Waals surface area contributed by atoms with Crippen LogP contribution in [0.1, 0.15) is 49.3 Å². The third-order valence-corrected chi connectivity index (χ3v) is 5.49. The predicted octanol–water partition coefficient (Wildman–Crippen LogP) is 6.58. The van der Waals surface area contributed by atoms with Gasteiger partial charge in [-0.25, -0.2) is 0 Å². The van der Waals surface area contributed by atoms with E-state index in [1.807, 2.05) is 12.1 Å². The molecule has 1 nitrogen and oxygen atoms in total. The quantitative estimate of drug-likeness (QED) is 0.567. The Kier molecular flexibility index (Phi) is 5.95. The summed E-state index contributed by atoms with van der Waals surface area (Å²) in [5, 5.41) is 0. The van der Waals surface area contributed by atoms with Crippen molar-refractivity contribution in [2.75, 3.05) is 0 Å². The first kappa shape index (κ1) is 18.9. The van der Waals surface area contributed by atoms with Crippen molar-refractivity contribution in [2.45, 2.75) is 58.5 Å². The van der Waals surface area contributed by atoms with Crippen molar-refractivity contribution < 1.29 is 13.5 Å². The summed E-state index contributed by atoms with van der Waals surface area (Å²) in [4.78, 5) is 0. The lowest BCUT2D eigenvalue weighted by atomic mass is 9.82. The lowest BCUT2D eigenvalue weighted by Crippen LogP contribution is -2.36. The zero-order chi connectivity index (χ0) is 18.6. The normalized spacial score (nSPS) is 20.8. The third kappa shape index (κ3) is 5.06. The van der Waals surface area contributed by atoms with E-state index >= 15 is 0 Å². The molecule has 3 rings (SSSR count). The van der Waals surface area contributed by atoms with Crippen LogP contribution in [0, 0.1) is 18.8 Å². The van der Waals surface area contributed by atoms with Gasteiger partial charge in [-0.05, 0) is 61.8 Å². The molecule has 0 saturated heterocycles. The Hall–Kier alpha value is -1.90. The highest BCUT2D eigenvalue weighted by Crippen LogP contribution is 2.39. The Morgan fingerprint density at radius 1 is 0.846 bits per heavy atom. The van der Waals surface area contributed by atoms with Crippen LogP contribution < -0.4 is 4.74 Å². The molecule has 1 aliphatic rings.